The van der Waals surface area contributed by atoms with Gasteiger partial charge >= 0.3 is 5.69 Å². The van der Waals surface area contributed by atoms with Gasteiger partial charge in [-0.25, -0.2) is 4.79 Å². The maximum absolute atomic E-state index is 13.2. The monoisotopic (exact) mass is 480 g/mol. The number of benzene rings is 1. The number of amides is 2. The van der Waals surface area contributed by atoms with Crippen molar-refractivity contribution in [3.8, 4) is 0 Å². The third kappa shape index (κ3) is 5.19. The molecule has 0 atom stereocenters. The summed E-state index contributed by atoms with van der Waals surface area (Å²) in [5.41, 5.74) is 5.70. The number of nitrogens with one attached hydrogen (secondary N) is 1. The molecular formula is C24H28N6O5. The van der Waals surface area contributed by atoms with E-state index in [1.54, 1.807) is 24.0 Å². The van der Waals surface area contributed by atoms with Gasteiger partial charge in [0.2, 0.25) is 5.91 Å². The molecule has 0 bridgehead atoms. The highest BCUT2D eigenvalue weighted by Gasteiger charge is 2.28. The number of hydrogen-bond donors (Lipinski definition) is 2. The Morgan fingerprint density at radius 2 is 1.77 bits per heavy atom. The smallest absolute Gasteiger partial charge is 0.330 e. The van der Waals surface area contributed by atoms with E-state index >= 15 is 0 Å². The Bertz CT molecular complexity index is 1290. The average molecular weight is 481 g/mol. The second-order valence-corrected chi connectivity index (χ2v) is 8.25. The van der Waals surface area contributed by atoms with Gasteiger partial charge in [0.15, 0.2) is 11.4 Å². The highest BCUT2D eigenvalue weighted by Crippen LogP contribution is 2.18. The second-order valence-electron chi connectivity index (χ2n) is 8.25. The summed E-state index contributed by atoms with van der Waals surface area (Å²) < 4.78 is 6.43. The first-order valence-corrected chi connectivity index (χ1v) is 11.4. The van der Waals surface area contributed by atoms with E-state index in [9.17, 15) is 19.2 Å². The van der Waals surface area contributed by atoms with Gasteiger partial charge in [0.05, 0.1) is 19.4 Å². The van der Waals surface area contributed by atoms with Gasteiger partial charge in [-0.05, 0) is 24.6 Å². The number of aromatic amines is 1. The highest BCUT2D eigenvalue weighted by molar-refractivity contribution is 5.97. The maximum Gasteiger partial charge on any atom is 0.330 e. The third-order valence-electron chi connectivity index (χ3n) is 6.04. The number of piperazine rings is 1. The van der Waals surface area contributed by atoms with Crippen LogP contribution in [0.15, 0.2) is 62.7 Å². The molecule has 1 saturated heterocycles. The minimum Gasteiger partial charge on any atom is -0.459 e. The van der Waals surface area contributed by atoms with Crippen molar-refractivity contribution in [3.05, 3.63) is 80.9 Å². The van der Waals surface area contributed by atoms with E-state index in [0.717, 1.165) is 5.56 Å². The predicted molar refractivity (Wildman–Crippen MR) is 130 cm³/mol. The standard InChI is InChI=1S/C24H28N6O5/c1-2-29(19(31)16-27-10-12-28(13-11-27)23(33)18-9-6-14-35-18)20-21(25)30(24(34)26-22(20)32)15-17-7-4-3-5-8-17/h3-9,14H,2,10-13,15-16,25H2,1H3,(H,26,32,34). The Morgan fingerprint density at radius 1 is 1.06 bits per heavy atom. The summed E-state index contributed by atoms with van der Waals surface area (Å²) in [5, 5.41) is 0. The van der Waals surface area contributed by atoms with Crippen LogP contribution in [0.2, 0.25) is 0 Å². The molecule has 1 aromatic carbocycles. The summed E-state index contributed by atoms with van der Waals surface area (Å²) in [7, 11) is 0. The van der Waals surface area contributed by atoms with Crippen molar-refractivity contribution < 1.29 is 14.0 Å². The Morgan fingerprint density at radius 3 is 2.40 bits per heavy atom. The van der Waals surface area contributed by atoms with E-state index in [2.05, 4.69) is 4.98 Å². The molecule has 1 aliphatic heterocycles. The average Bonchev–Trinajstić information content (AvgIpc) is 3.40. The number of aromatic nitrogens is 2. The number of anilines is 2. The molecule has 4 rings (SSSR count). The number of rotatable bonds is 7. The molecular weight excluding hydrogens is 452 g/mol. The summed E-state index contributed by atoms with van der Waals surface area (Å²) >= 11 is 0. The Hall–Kier alpha value is -4.12. The quantitative estimate of drug-likeness (QED) is 0.504. The van der Waals surface area contributed by atoms with Crippen LogP contribution >= 0.6 is 0 Å². The highest BCUT2D eigenvalue weighted by atomic mass is 16.3. The van der Waals surface area contributed by atoms with Gasteiger partial charge in [0, 0.05) is 32.7 Å². The number of H-pyrrole nitrogens is 1. The minimum absolute atomic E-state index is 0.0420. The van der Waals surface area contributed by atoms with Gasteiger partial charge in [-0.3, -0.25) is 28.8 Å². The molecule has 2 aromatic heterocycles. The van der Waals surface area contributed by atoms with Crippen LogP contribution in [0.3, 0.4) is 0 Å². The van der Waals surface area contributed by atoms with Crippen molar-refractivity contribution in [1.29, 1.82) is 0 Å². The molecule has 1 fully saturated rings. The van der Waals surface area contributed by atoms with Gasteiger partial charge in [-0.1, -0.05) is 30.3 Å². The number of furan rings is 1. The first kappa shape index (κ1) is 24.0. The fraction of sp³-hybridized carbons (Fsp3) is 0.333. The Balaban J connectivity index is 1.47. The summed E-state index contributed by atoms with van der Waals surface area (Å²) in [6.45, 7) is 4.04. The SMILES string of the molecule is CCN(C(=O)CN1CCN(C(=O)c2ccco2)CC1)c1c(N)n(Cc2ccccc2)c(=O)[nH]c1=O. The number of nitrogens with two attached hydrogens (primary N) is 1. The first-order chi connectivity index (χ1) is 16.9. The third-order valence-corrected chi connectivity index (χ3v) is 6.04. The summed E-state index contributed by atoms with van der Waals surface area (Å²) in [5.74, 6) is -0.282. The van der Waals surface area contributed by atoms with Crippen LogP contribution in [0.4, 0.5) is 11.5 Å². The van der Waals surface area contributed by atoms with Crippen LogP contribution in [-0.2, 0) is 11.3 Å². The fourth-order valence-corrected chi connectivity index (χ4v) is 4.16. The molecule has 3 heterocycles. The number of nitrogens with zero attached hydrogens (tertiary/aromatic N) is 4. The zero-order valence-corrected chi connectivity index (χ0v) is 19.5. The molecule has 3 aromatic rings. The van der Waals surface area contributed by atoms with E-state index in [1.165, 1.54) is 15.7 Å². The molecule has 0 unspecified atom stereocenters. The van der Waals surface area contributed by atoms with E-state index in [0.29, 0.717) is 26.2 Å². The fourth-order valence-electron chi connectivity index (χ4n) is 4.16. The number of hydrogen-bond acceptors (Lipinski definition) is 7. The van der Waals surface area contributed by atoms with Crippen LogP contribution in [0.5, 0.6) is 0 Å². The molecule has 0 saturated carbocycles. The van der Waals surface area contributed by atoms with E-state index < -0.39 is 11.2 Å². The van der Waals surface area contributed by atoms with Gasteiger partial charge in [0.1, 0.15) is 5.82 Å². The molecule has 0 spiro atoms. The van der Waals surface area contributed by atoms with Crippen LogP contribution in [0.25, 0.3) is 0 Å². The number of likely N-dealkylation sites (N-methyl/N-ethyl adjacent to an activating group) is 1. The maximum atomic E-state index is 13.2. The number of carbonyl (C=O) groups excluding carboxylic acids is 2. The summed E-state index contributed by atoms with van der Waals surface area (Å²) in [4.78, 5) is 58.0. The van der Waals surface area contributed by atoms with E-state index in [-0.39, 0.29) is 48.7 Å². The summed E-state index contributed by atoms with van der Waals surface area (Å²) in [6, 6.07) is 12.5. The molecule has 1 aliphatic rings. The van der Waals surface area contributed by atoms with Gasteiger partial charge < -0.3 is 20.0 Å². The minimum atomic E-state index is -0.708. The van der Waals surface area contributed by atoms with E-state index in [4.69, 9.17) is 10.2 Å². The number of carbonyl (C=O) groups is 2. The summed E-state index contributed by atoms with van der Waals surface area (Å²) in [6.07, 6.45) is 1.46. The van der Waals surface area contributed by atoms with Crippen molar-refractivity contribution in [2.24, 2.45) is 0 Å². The Kier molecular flexibility index (Phi) is 7.16. The normalized spacial score (nSPS) is 14.1. The van der Waals surface area contributed by atoms with Crippen molar-refractivity contribution >= 4 is 23.3 Å². The van der Waals surface area contributed by atoms with Gasteiger partial charge in [0.25, 0.3) is 11.5 Å². The molecule has 3 N–H and O–H groups in total. The zero-order valence-electron chi connectivity index (χ0n) is 19.5. The van der Waals surface area contributed by atoms with Gasteiger partial charge in [-0.15, -0.1) is 0 Å². The molecule has 2 amide bonds. The van der Waals surface area contributed by atoms with Crippen molar-refractivity contribution in [2.75, 3.05) is 49.9 Å². The molecule has 11 heteroatoms. The predicted octanol–water partition coefficient (Wildman–Crippen LogP) is 0.571. The van der Waals surface area contributed by atoms with Crippen molar-refractivity contribution in [2.45, 2.75) is 13.5 Å². The molecule has 35 heavy (non-hydrogen) atoms. The van der Waals surface area contributed by atoms with Gasteiger partial charge in [-0.2, -0.15) is 0 Å². The molecule has 184 valence electrons. The molecule has 11 nitrogen and oxygen atoms in total. The second kappa shape index (κ2) is 10.4. The lowest BCUT2D eigenvalue weighted by Crippen LogP contribution is -2.52. The lowest BCUT2D eigenvalue weighted by molar-refractivity contribution is -0.120. The lowest BCUT2D eigenvalue weighted by atomic mass is 10.2. The largest absolute Gasteiger partial charge is 0.459 e. The topological polar surface area (TPSA) is 138 Å². The van der Waals surface area contributed by atoms with E-state index in [1.807, 2.05) is 35.2 Å². The Labute approximate surface area is 201 Å². The van der Waals surface area contributed by atoms with Crippen molar-refractivity contribution in [3.63, 3.8) is 0 Å². The van der Waals surface area contributed by atoms with Crippen LogP contribution in [-0.4, -0.2) is 70.4 Å². The molecule has 0 radical (unpaired) electrons. The van der Waals surface area contributed by atoms with Crippen molar-refractivity contribution in [1.82, 2.24) is 19.4 Å². The zero-order chi connectivity index (χ0) is 24.9. The first-order valence-electron chi connectivity index (χ1n) is 11.4. The lowest BCUT2D eigenvalue weighted by Gasteiger charge is -2.35. The number of nitrogen functional groups attached to an aromatic ring is 1. The van der Waals surface area contributed by atoms with Crippen LogP contribution in [0, 0.1) is 0 Å². The van der Waals surface area contributed by atoms with Crippen LogP contribution in [0.1, 0.15) is 23.0 Å². The molecule has 0 aliphatic carbocycles. The van der Waals surface area contributed by atoms with Crippen LogP contribution < -0.4 is 21.9 Å².